The van der Waals surface area contributed by atoms with Gasteiger partial charge in [-0.1, -0.05) is 35.0 Å². The third kappa shape index (κ3) is 6.52. The fourth-order valence-electron chi connectivity index (χ4n) is 2.72. The van der Waals surface area contributed by atoms with E-state index in [0.29, 0.717) is 6.54 Å². The summed E-state index contributed by atoms with van der Waals surface area (Å²) in [6, 6.07) is 7.58. The van der Waals surface area contributed by atoms with E-state index in [-0.39, 0.29) is 30.7 Å². The van der Waals surface area contributed by atoms with Crippen molar-refractivity contribution in [1.82, 2.24) is 10.2 Å². The van der Waals surface area contributed by atoms with Gasteiger partial charge < -0.3 is 16.0 Å². The maximum atomic E-state index is 12.4. The number of piperidine rings is 1. The fourth-order valence-corrected chi connectivity index (χ4v) is 2.99. The summed E-state index contributed by atoms with van der Waals surface area (Å²) in [5.74, 6) is 0.704. The zero-order valence-corrected chi connectivity index (χ0v) is 17.5. The Labute approximate surface area is 165 Å². The van der Waals surface area contributed by atoms with E-state index in [1.165, 1.54) is 12.8 Å². The van der Waals surface area contributed by atoms with Crippen molar-refractivity contribution >= 4 is 46.7 Å². The van der Waals surface area contributed by atoms with Crippen LogP contribution in [0.2, 0.25) is 0 Å². The molecule has 0 saturated carbocycles. The average molecular weight is 441 g/mol. The molecule has 1 aliphatic heterocycles. The predicted molar refractivity (Wildman–Crippen MR) is 108 cm³/mol. The average Bonchev–Trinajstić information content (AvgIpc) is 2.49. The molecule has 2 rings (SSSR count). The minimum absolute atomic E-state index is 0. The SMILES string of the molecule is CC1CCN(CCNC(=O)C(C)(N)c2ccc(Br)cc2)CC1.Cl.Cl. The maximum Gasteiger partial charge on any atom is 0.244 e. The van der Waals surface area contributed by atoms with Gasteiger partial charge in [-0.05, 0) is 56.5 Å². The van der Waals surface area contributed by atoms with Crippen LogP contribution in [0.5, 0.6) is 0 Å². The van der Waals surface area contributed by atoms with Gasteiger partial charge in [-0.25, -0.2) is 0 Å². The number of carbonyl (C=O) groups excluding carboxylic acids is 1. The first-order chi connectivity index (χ1) is 10.4. The van der Waals surface area contributed by atoms with Gasteiger partial charge in [0.25, 0.3) is 0 Å². The van der Waals surface area contributed by atoms with Crippen LogP contribution in [0.4, 0.5) is 0 Å². The summed E-state index contributed by atoms with van der Waals surface area (Å²) in [5, 5.41) is 2.98. The molecular weight excluding hydrogens is 413 g/mol. The molecular formula is C17H28BrCl2N3O. The summed E-state index contributed by atoms with van der Waals surface area (Å²) < 4.78 is 0.979. The molecule has 0 bridgehead atoms. The molecule has 7 heteroatoms. The molecule has 24 heavy (non-hydrogen) atoms. The molecule has 0 radical (unpaired) electrons. The zero-order chi connectivity index (χ0) is 16.2. The normalized spacial score (nSPS) is 18.0. The third-order valence-electron chi connectivity index (χ3n) is 4.51. The Morgan fingerprint density at radius 3 is 2.38 bits per heavy atom. The predicted octanol–water partition coefficient (Wildman–Crippen LogP) is 3.31. The van der Waals surface area contributed by atoms with Gasteiger partial charge in [-0.2, -0.15) is 0 Å². The highest BCUT2D eigenvalue weighted by Gasteiger charge is 2.30. The van der Waals surface area contributed by atoms with Crippen LogP contribution in [-0.2, 0) is 10.3 Å². The van der Waals surface area contributed by atoms with Crippen LogP contribution in [0.3, 0.4) is 0 Å². The van der Waals surface area contributed by atoms with Gasteiger partial charge in [0.15, 0.2) is 0 Å². The molecule has 4 nitrogen and oxygen atoms in total. The number of benzene rings is 1. The molecule has 1 amide bonds. The monoisotopic (exact) mass is 439 g/mol. The number of halogens is 3. The van der Waals surface area contributed by atoms with E-state index < -0.39 is 5.54 Å². The number of rotatable bonds is 5. The van der Waals surface area contributed by atoms with Crippen molar-refractivity contribution in [3.8, 4) is 0 Å². The van der Waals surface area contributed by atoms with E-state index in [0.717, 1.165) is 35.6 Å². The maximum absolute atomic E-state index is 12.4. The first-order valence-electron chi connectivity index (χ1n) is 7.95. The molecule has 1 heterocycles. The first kappa shape index (κ1) is 23.7. The molecule has 1 aromatic carbocycles. The van der Waals surface area contributed by atoms with Gasteiger partial charge in [-0.3, -0.25) is 4.79 Å². The lowest BCUT2D eigenvalue weighted by molar-refractivity contribution is -0.126. The van der Waals surface area contributed by atoms with E-state index >= 15 is 0 Å². The molecule has 0 aliphatic carbocycles. The number of nitrogens with two attached hydrogens (primary N) is 1. The fraction of sp³-hybridized carbons (Fsp3) is 0.588. The molecule has 1 aromatic rings. The summed E-state index contributed by atoms with van der Waals surface area (Å²) >= 11 is 3.39. The smallest absolute Gasteiger partial charge is 0.244 e. The van der Waals surface area contributed by atoms with Crippen LogP contribution in [0.15, 0.2) is 28.7 Å². The summed E-state index contributed by atoms with van der Waals surface area (Å²) in [6.45, 7) is 7.87. The molecule has 1 saturated heterocycles. The Morgan fingerprint density at radius 1 is 1.29 bits per heavy atom. The largest absolute Gasteiger partial charge is 0.353 e. The number of nitrogens with one attached hydrogen (secondary N) is 1. The molecule has 138 valence electrons. The number of amides is 1. The van der Waals surface area contributed by atoms with Crippen LogP contribution in [0.25, 0.3) is 0 Å². The Morgan fingerprint density at radius 2 is 1.83 bits per heavy atom. The van der Waals surface area contributed by atoms with Gasteiger partial charge >= 0.3 is 0 Å². The third-order valence-corrected chi connectivity index (χ3v) is 5.03. The molecule has 3 N–H and O–H groups in total. The Kier molecular flexibility index (Phi) is 10.5. The molecule has 1 fully saturated rings. The lowest BCUT2D eigenvalue weighted by Gasteiger charge is -2.30. The number of nitrogens with zero attached hydrogens (tertiary/aromatic N) is 1. The Bertz CT molecular complexity index is 503. The summed E-state index contributed by atoms with van der Waals surface area (Å²) in [7, 11) is 0. The lowest BCUT2D eigenvalue weighted by Crippen LogP contribution is -2.50. The van der Waals surface area contributed by atoms with Crippen LogP contribution >= 0.6 is 40.7 Å². The summed E-state index contributed by atoms with van der Waals surface area (Å²) in [4.78, 5) is 14.8. The van der Waals surface area contributed by atoms with Gasteiger partial charge in [0.05, 0.1) is 0 Å². The van der Waals surface area contributed by atoms with Crippen LogP contribution in [0.1, 0.15) is 32.3 Å². The number of hydrogen-bond acceptors (Lipinski definition) is 3. The standard InChI is InChI=1S/C17H26BrN3O.2ClH/c1-13-7-10-21(11-8-13)12-9-20-16(22)17(2,19)14-3-5-15(18)6-4-14;;/h3-6,13H,7-12,19H2,1-2H3,(H,20,22);2*1H. The summed E-state index contributed by atoms with van der Waals surface area (Å²) in [5.41, 5.74) is 6.04. The minimum atomic E-state index is -1.00. The Balaban J connectivity index is 0.00000264. The van der Waals surface area contributed by atoms with Crippen molar-refractivity contribution in [2.75, 3.05) is 26.2 Å². The molecule has 1 unspecified atom stereocenters. The highest BCUT2D eigenvalue weighted by Crippen LogP contribution is 2.20. The highest BCUT2D eigenvalue weighted by atomic mass is 79.9. The van der Waals surface area contributed by atoms with Gasteiger partial charge in [0, 0.05) is 17.6 Å². The van der Waals surface area contributed by atoms with Crippen LogP contribution < -0.4 is 11.1 Å². The van der Waals surface area contributed by atoms with Gasteiger partial charge in [-0.15, -0.1) is 24.8 Å². The van der Waals surface area contributed by atoms with Crippen molar-refractivity contribution in [2.24, 2.45) is 11.7 Å². The molecule has 0 spiro atoms. The number of likely N-dealkylation sites (tertiary alicyclic amines) is 1. The van der Waals surface area contributed by atoms with Crippen molar-refractivity contribution in [1.29, 1.82) is 0 Å². The van der Waals surface area contributed by atoms with E-state index in [2.05, 4.69) is 33.1 Å². The minimum Gasteiger partial charge on any atom is -0.353 e. The number of carbonyl (C=O) groups is 1. The topological polar surface area (TPSA) is 58.4 Å². The van der Waals surface area contributed by atoms with Crippen molar-refractivity contribution in [3.63, 3.8) is 0 Å². The zero-order valence-electron chi connectivity index (χ0n) is 14.3. The van der Waals surface area contributed by atoms with E-state index in [1.807, 2.05) is 24.3 Å². The number of hydrogen-bond donors (Lipinski definition) is 2. The lowest BCUT2D eigenvalue weighted by atomic mass is 9.92. The van der Waals surface area contributed by atoms with Gasteiger partial charge in [0.2, 0.25) is 5.91 Å². The van der Waals surface area contributed by atoms with Gasteiger partial charge in [0.1, 0.15) is 5.54 Å². The first-order valence-corrected chi connectivity index (χ1v) is 8.74. The molecule has 0 aromatic heterocycles. The molecule has 1 aliphatic rings. The van der Waals surface area contributed by atoms with Crippen molar-refractivity contribution in [2.45, 2.75) is 32.2 Å². The van der Waals surface area contributed by atoms with Crippen LogP contribution in [0, 0.1) is 5.92 Å². The van der Waals surface area contributed by atoms with E-state index in [9.17, 15) is 4.79 Å². The highest BCUT2D eigenvalue weighted by molar-refractivity contribution is 9.10. The van der Waals surface area contributed by atoms with Crippen LogP contribution in [-0.4, -0.2) is 37.0 Å². The quantitative estimate of drug-likeness (QED) is 0.738. The van der Waals surface area contributed by atoms with Crippen molar-refractivity contribution in [3.05, 3.63) is 34.3 Å². The van der Waals surface area contributed by atoms with E-state index in [1.54, 1.807) is 6.92 Å². The second-order valence-corrected chi connectivity index (χ2v) is 7.40. The second kappa shape index (κ2) is 10.6. The Hall–Kier alpha value is -0.330. The van der Waals surface area contributed by atoms with E-state index in [4.69, 9.17) is 5.73 Å². The summed E-state index contributed by atoms with van der Waals surface area (Å²) in [6.07, 6.45) is 2.50. The molecule has 1 atom stereocenters. The van der Waals surface area contributed by atoms with Crippen molar-refractivity contribution < 1.29 is 4.79 Å². The second-order valence-electron chi connectivity index (χ2n) is 6.49.